The third-order valence-corrected chi connectivity index (χ3v) is 4.11. The molecule has 0 aliphatic carbocycles. The molecule has 1 aliphatic rings. The van der Waals surface area contributed by atoms with E-state index >= 15 is 0 Å². The lowest BCUT2D eigenvalue weighted by Crippen LogP contribution is -2.37. The maximum absolute atomic E-state index is 12.4. The molecule has 4 heteroatoms. The molecule has 0 saturated carbocycles. The van der Waals surface area contributed by atoms with Gasteiger partial charge in [-0.25, -0.2) is 0 Å². The van der Waals surface area contributed by atoms with Crippen LogP contribution in [0.3, 0.4) is 0 Å². The number of nitrogens with one attached hydrogen (secondary N) is 2. The average Bonchev–Trinajstić information content (AvgIpc) is 2.93. The topological polar surface area (TPSA) is 41.1 Å². The van der Waals surface area contributed by atoms with E-state index in [1.807, 2.05) is 38.1 Å². The zero-order valence-corrected chi connectivity index (χ0v) is 12.9. The van der Waals surface area contributed by atoms with E-state index in [1.165, 1.54) is 0 Å². The van der Waals surface area contributed by atoms with Gasteiger partial charge in [-0.3, -0.25) is 4.79 Å². The third kappa shape index (κ3) is 4.05. The number of carbonyl (C=O) groups is 1. The van der Waals surface area contributed by atoms with E-state index in [-0.39, 0.29) is 17.6 Å². The van der Waals surface area contributed by atoms with Crippen LogP contribution in [0.25, 0.3) is 0 Å². The molecule has 1 fully saturated rings. The molecule has 1 heterocycles. The number of hydrogen-bond acceptors (Lipinski definition) is 3. The highest BCUT2D eigenvalue weighted by atomic mass is 35.5. The number of benzene rings is 1. The summed E-state index contributed by atoms with van der Waals surface area (Å²) < 4.78 is 0. The lowest BCUT2D eigenvalue weighted by atomic mass is 9.88. The van der Waals surface area contributed by atoms with Crippen LogP contribution in [0.4, 0.5) is 0 Å². The van der Waals surface area contributed by atoms with Crippen LogP contribution in [-0.4, -0.2) is 31.5 Å². The molecule has 1 aromatic rings. The normalized spacial score (nSPS) is 20.3. The first-order valence-electron chi connectivity index (χ1n) is 7.31. The van der Waals surface area contributed by atoms with Crippen LogP contribution in [0.2, 0.25) is 5.02 Å². The Balaban J connectivity index is 2.07. The van der Waals surface area contributed by atoms with Gasteiger partial charge in [-0.1, -0.05) is 37.6 Å². The first kappa shape index (κ1) is 15.5. The molecule has 1 saturated heterocycles. The summed E-state index contributed by atoms with van der Waals surface area (Å²) in [6.45, 7) is 6.67. The van der Waals surface area contributed by atoms with Crippen LogP contribution in [0.5, 0.6) is 0 Å². The van der Waals surface area contributed by atoms with Crippen molar-refractivity contribution >= 4 is 17.4 Å². The van der Waals surface area contributed by atoms with Crippen LogP contribution in [0, 0.1) is 5.92 Å². The zero-order valence-electron chi connectivity index (χ0n) is 12.2. The monoisotopic (exact) mass is 294 g/mol. The average molecular weight is 295 g/mol. The molecule has 0 radical (unpaired) electrons. The smallest absolute Gasteiger partial charge is 0.144 e. The van der Waals surface area contributed by atoms with Gasteiger partial charge in [0.1, 0.15) is 5.78 Å². The van der Waals surface area contributed by atoms with Crippen LogP contribution >= 0.6 is 11.6 Å². The molecule has 1 aromatic carbocycles. The van der Waals surface area contributed by atoms with Gasteiger partial charge in [-0.05, 0) is 30.7 Å². The van der Waals surface area contributed by atoms with Gasteiger partial charge in [0.05, 0.1) is 5.92 Å². The fourth-order valence-electron chi connectivity index (χ4n) is 2.59. The summed E-state index contributed by atoms with van der Waals surface area (Å²) in [4.78, 5) is 12.4. The van der Waals surface area contributed by atoms with Gasteiger partial charge in [-0.15, -0.1) is 0 Å². The largest absolute Gasteiger partial charge is 0.315 e. The Kier molecular flexibility index (Phi) is 5.58. The number of halogens is 1. The maximum atomic E-state index is 12.4. The standard InChI is InChI=1S/C16H23ClN2O/c1-11(2)16(20)15(10-19-14-7-8-18-9-14)12-3-5-13(17)6-4-12/h3-6,11,14-15,18-19H,7-10H2,1-2H3/t14-,15-/m1/s1. The Bertz CT molecular complexity index is 438. The van der Waals surface area contributed by atoms with Crippen LogP contribution in [-0.2, 0) is 4.79 Å². The summed E-state index contributed by atoms with van der Waals surface area (Å²) in [5.74, 6) is 0.234. The predicted octanol–water partition coefficient (Wildman–Crippen LogP) is 2.60. The van der Waals surface area contributed by atoms with Gasteiger partial charge < -0.3 is 10.6 Å². The lowest BCUT2D eigenvalue weighted by molar-refractivity contribution is -0.123. The van der Waals surface area contributed by atoms with Gasteiger partial charge in [-0.2, -0.15) is 0 Å². The van der Waals surface area contributed by atoms with Gasteiger partial charge in [0, 0.05) is 30.1 Å². The molecule has 2 N–H and O–H groups in total. The quantitative estimate of drug-likeness (QED) is 0.847. The summed E-state index contributed by atoms with van der Waals surface area (Å²) in [7, 11) is 0. The molecule has 2 rings (SSSR count). The fraction of sp³-hybridized carbons (Fsp3) is 0.562. The van der Waals surface area contributed by atoms with Crippen molar-refractivity contribution in [2.75, 3.05) is 19.6 Å². The van der Waals surface area contributed by atoms with Crippen LogP contribution in [0.15, 0.2) is 24.3 Å². The molecule has 0 spiro atoms. The number of ketones is 1. The molecule has 20 heavy (non-hydrogen) atoms. The number of carbonyl (C=O) groups excluding carboxylic acids is 1. The molecular weight excluding hydrogens is 272 g/mol. The van der Waals surface area contributed by atoms with Crippen molar-refractivity contribution in [2.45, 2.75) is 32.2 Å². The van der Waals surface area contributed by atoms with Crippen molar-refractivity contribution in [1.82, 2.24) is 10.6 Å². The Hall–Kier alpha value is -0.900. The van der Waals surface area contributed by atoms with E-state index in [4.69, 9.17) is 11.6 Å². The second-order valence-corrected chi connectivity index (χ2v) is 6.20. The van der Waals surface area contributed by atoms with Crippen LogP contribution in [0.1, 0.15) is 31.7 Å². The molecule has 0 aromatic heterocycles. The number of rotatable bonds is 6. The van der Waals surface area contributed by atoms with E-state index in [9.17, 15) is 4.79 Å². The highest BCUT2D eigenvalue weighted by molar-refractivity contribution is 6.30. The van der Waals surface area contributed by atoms with Gasteiger partial charge in [0.25, 0.3) is 0 Å². The highest BCUT2D eigenvalue weighted by Crippen LogP contribution is 2.22. The van der Waals surface area contributed by atoms with Gasteiger partial charge in [0.2, 0.25) is 0 Å². The Morgan fingerprint density at radius 3 is 2.65 bits per heavy atom. The second kappa shape index (κ2) is 7.21. The summed E-state index contributed by atoms with van der Waals surface area (Å²) in [6.07, 6.45) is 1.13. The van der Waals surface area contributed by atoms with Crippen molar-refractivity contribution in [3.8, 4) is 0 Å². The van der Waals surface area contributed by atoms with E-state index in [2.05, 4.69) is 10.6 Å². The van der Waals surface area contributed by atoms with E-state index < -0.39 is 0 Å². The zero-order chi connectivity index (χ0) is 14.5. The summed E-state index contributed by atoms with van der Waals surface area (Å²) in [5, 5.41) is 7.55. The lowest BCUT2D eigenvalue weighted by Gasteiger charge is -2.21. The minimum Gasteiger partial charge on any atom is -0.315 e. The van der Waals surface area contributed by atoms with Crippen molar-refractivity contribution in [1.29, 1.82) is 0 Å². The molecule has 3 nitrogen and oxygen atoms in total. The van der Waals surface area contributed by atoms with E-state index in [0.717, 1.165) is 25.1 Å². The molecule has 110 valence electrons. The minimum atomic E-state index is -0.0899. The molecular formula is C16H23ClN2O. The predicted molar refractivity (Wildman–Crippen MR) is 83.3 cm³/mol. The first-order chi connectivity index (χ1) is 9.58. The van der Waals surface area contributed by atoms with Crippen molar-refractivity contribution in [3.05, 3.63) is 34.9 Å². The number of hydrogen-bond donors (Lipinski definition) is 2. The second-order valence-electron chi connectivity index (χ2n) is 5.76. The summed E-state index contributed by atoms with van der Waals surface area (Å²) in [5.41, 5.74) is 1.05. The fourth-order valence-corrected chi connectivity index (χ4v) is 2.72. The molecule has 0 unspecified atom stereocenters. The first-order valence-corrected chi connectivity index (χ1v) is 7.69. The Morgan fingerprint density at radius 2 is 2.10 bits per heavy atom. The van der Waals surface area contributed by atoms with Gasteiger partial charge in [0.15, 0.2) is 0 Å². The highest BCUT2D eigenvalue weighted by Gasteiger charge is 2.24. The SMILES string of the molecule is CC(C)C(=O)[C@H](CN[C@@H]1CCNC1)c1ccc(Cl)cc1. The third-order valence-electron chi connectivity index (χ3n) is 3.86. The molecule has 1 aliphatic heterocycles. The van der Waals surface area contributed by atoms with Crippen molar-refractivity contribution < 1.29 is 4.79 Å². The maximum Gasteiger partial charge on any atom is 0.144 e. The summed E-state index contributed by atoms with van der Waals surface area (Å²) >= 11 is 5.93. The van der Waals surface area contributed by atoms with Gasteiger partial charge >= 0.3 is 0 Å². The van der Waals surface area contributed by atoms with Crippen LogP contribution < -0.4 is 10.6 Å². The Labute approximate surface area is 126 Å². The minimum absolute atomic E-state index is 0.0409. The number of Topliss-reactive ketones (excluding diaryl/α,β-unsaturated/α-hetero) is 1. The van der Waals surface area contributed by atoms with E-state index in [1.54, 1.807) is 0 Å². The van der Waals surface area contributed by atoms with Crippen molar-refractivity contribution in [2.24, 2.45) is 5.92 Å². The van der Waals surface area contributed by atoms with E-state index in [0.29, 0.717) is 17.6 Å². The molecule has 0 bridgehead atoms. The van der Waals surface area contributed by atoms with Crippen molar-refractivity contribution in [3.63, 3.8) is 0 Å². The molecule has 2 atom stereocenters. The Morgan fingerprint density at radius 1 is 1.40 bits per heavy atom. The summed E-state index contributed by atoms with van der Waals surface area (Å²) in [6, 6.07) is 8.11. The molecule has 0 amide bonds.